The van der Waals surface area contributed by atoms with E-state index in [4.69, 9.17) is 85.3 Å². The lowest BCUT2D eigenvalue weighted by Crippen LogP contribution is -2.70. The number of nitrogens with one attached hydrogen (secondary N) is 2. The summed E-state index contributed by atoms with van der Waals surface area (Å²) in [6.45, 7) is -11.8. The molecule has 9 saturated heterocycles. The van der Waals surface area contributed by atoms with E-state index in [0.717, 1.165) is 13.8 Å². The van der Waals surface area contributed by atoms with Crippen LogP contribution in [0.5, 0.6) is 0 Å². The van der Waals surface area contributed by atoms with Crippen LogP contribution in [-0.4, -0.2) is 553 Å². The molecular formula is C64H112N2O57P2. The molecule has 49 atom stereocenters. The van der Waals surface area contributed by atoms with Gasteiger partial charge in [0, 0.05) is 13.8 Å². The van der Waals surface area contributed by atoms with Crippen LogP contribution in [0.15, 0.2) is 0 Å². The Balaban J connectivity index is 1.11. The number of hydrogen-bond donors (Lipinski definition) is 35. The Kier molecular flexibility index (Phi) is 39.0. The summed E-state index contributed by atoms with van der Waals surface area (Å²) in [5.74, 6) is -1.92. The average molecular weight is 1880 g/mol. The highest BCUT2D eigenvalue weighted by Gasteiger charge is 2.61. The molecule has 9 heterocycles. The first kappa shape index (κ1) is 106. The summed E-state index contributed by atoms with van der Waals surface area (Å²) in [6.07, 6.45) is -109. The minimum Gasteiger partial charge on any atom is -0.394 e. The highest BCUT2D eigenvalue weighted by Crippen LogP contribution is 2.43. The van der Waals surface area contributed by atoms with Crippen LogP contribution < -0.4 is 10.6 Å². The van der Waals surface area contributed by atoms with Gasteiger partial charge in [0.1, 0.15) is 238 Å². The van der Waals surface area contributed by atoms with E-state index in [-0.39, 0.29) is 0 Å². The van der Waals surface area contributed by atoms with E-state index >= 15 is 0 Å². The first-order chi connectivity index (χ1) is 58.7. The first-order valence-corrected chi connectivity index (χ1v) is 41.6. The molecule has 0 unspecified atom stereocenters. The van der Waals surface area contributed by atoms with Gasteiger partial charge in [-0.1, -0.05) is 0 Å². The molecule has 0 aliphatic carbocycles. The monoisotopic (exact) mass is 1880 g/mol. The number of phosphoric ester groups is 2. The summed E-state index contributed by atoms with van der Waals surface area (Å²) >= 11 is 0. The Morgan fingerprint density at radius 1 is 0.312 bits per heavy atom. The van der Waals surface area contributed by atoms with Crippen LogP contribution in [0.1, 0.15) is 13.8 Å². The van der Waals surface area contributed by atoms with Crippen molar-refractivity contribution in [1.82, 2.24) is 10.6 Å². The van der Waals surface area contributed by atoms with E-state index in [2.05, 4.69) is 19.7 Å². The maximum atomic E-state index is 13.0. The molecule has 0 aromatic carbocycles. The third-order valence-corrected chi connectivity index (χ3v) is 22.7. The van der Waals surface area contributed by atoms with Crippen LogP contribution in [-0.2, 0) is 113 Å². The van der Waals surface area contributed by atoms with Crippen LogP contribution in [0.4, 0.5) is 0 Å². The number of rotatable bonds is 38. The van der Waals surface area contributed by atoms with E-state index in [1.807, 2.05) is 0 Å². The summed E-state index contributed by atoms with van der Waals surface area (Å²) in [4.78, 5) is 63.6. The lowest BCUT2D eigenvalue weighted by atomic mass is 9.94. The van der Waals surface area contributed by atoms with E-state index in [9.17, 15) is 186 Å². The molecule has 9 rings (SSSR count). The van der Waals surface area contributed by atoms with Gasteiger partial charge in [-0.2, -0.15) is 0 Å². The number of hydrogen-bond acceptors (Lipinski definition) is 53. The normalized spacial score (nSPS) is 46.5. The Morgan fingerprint density at radius 3 is 1.01 bits per heavy atom. The van der Waals surface area contributed by atoms with Crippen molar-refractivity contribution in [2.24, 2.45) is 0 Å². The Morgan fingerprint density at radius 2 is 0.616 bits per heavy atom. The fourth-order valence-corrected chi connectivity index (χ4v) is 15.6. The van der Waals surface area contributed by atoms with Gasteiger partial charge in [-0.15, -0.1) is 0 Å². The molecule has 9 fully saturated rings. The SMILES string of the molecule is CC(=O)N[C@H]1[C@H](O[C@@H]([C@H](O)[C@H](CO)NC(C)=O)[C@H](O)CO)O[C@H](CO)[C@@H](O[C@@H]2O[C@H](CO[C@H]3O[C@H](CO[C@H]4O[C@H](COP(=O)(O)O)[C@@H](O)[C@H](O)[C@@H]4O[C@H]4O[C@H](CO)[C@@H](O)[C@H](O)[C@@H]4O)[C@@H](O)[C@H](O[C@H]4O[C@H](CO)[C@@H](O)[C@H](O)[C@@H]4O)[C@@H]3O)[C@@H](O)[C@H](O[C@H]3O[C@H](CO)[C@@H](O)[C@H](O)[C@@H]3O[C@H]3O[C@H](COP(=O)(O)O)[C@@H](O)[C@H](O)[C@@H]3O[C@H]3O[C@H](CO)[C@@H](O)[C@H](O)[C@@H]3O)[C@@H]2O)[C@@H]1O. The molecule has 9 aliphatic heterocycles. The van der Waals surface area contributed by atoms with E-state index in [1.54, 1.807) is 0 Å². The molecule has 730 valence electrons. The van der Waals surface area contributed by atoms with Gasteiger partial charge >= 0.3 is 15.6 Å². The minimum atomic E-state index is -5.54. The van der Waals surface area contributed by atoms with Crippen LogP contribution in [0.25, 0.3) is 0 Å². The Labute approximate surface area is 704 Å². The fourth-order valence-electron chi connectivity index (χ4n) is 14.9. The van der Waals surface area contributed by atoms with Gasteiger partial charge in [-0.3, -0.25) is 18.6 Å². The topological polar surface area (TPSA) is 945 Å². The summed E-state index contributed by atoms with van der Waals surface area (Å²) in [5.41, 5.74) is 0. The third-order valence-electron chi connectivity index (χ3n) is 21.8. The van der Waals surface area contributed by atoms with E-state index < -0.39 is 401 Å². The highest BCUT2D eigenvalue weighted by molar-refractivity contribution is 7.46. The summed E-state index contributed by atoms with van der Waals surface area (Å²) in [6, 6.07) is -3.80. The zero-order valence-electron chi connectivity index (χ0n) is 65.5. The van der Waals surface area contributed by atoms with Crippen molar-refractivity contribution in [1.29, 1.82) is 0 Å². The quantitative estimate of drug-likeness (QED) is 0.0255. The van der Waals surface area contributed by atoms with Crippen molar-refractivity contribution >= 4 is 27.5 Å². The van der Waals surface area contributed by atoms with Crippen LogP contribution in [0.2, 0.25) is 0 Å². The molecule has 0 aromatic heterocycles. The Hall–Kier alpha value is -2.72. The Bertz CT molecular complexity index is 3390. The minimum absolute atomic E-state index is 0.857. The van der Waals surface area contributed by atoms with Crippen molar-refractivity contribution in [3.63, 3.8) is 0 Å². The molecular weight excluding hydrogens is 1770 g/mol. The van der Waals surface area contributed by atoms with E-state index in [0.29, 0.717) is 0 Å². The molecule has 0 radical (unpaired) electrons. The number of aliphatic hydroxyl groups is 29. The van der Waals surface area contributed by atoms with Gasteiger partial charge in [-0.25, -0.2) is 9.13 Å². The number of ether oxygens (including phenoxy) is 18. The predicted octanol–water partition coefficient (Wildman–Crippen LogP) is -22.6. The van der Waals surface area contributed by atoms with Gasteiger partial charge in [0.2, 0.25) is 11.8 Å². The molecule has 0 aromatic rings. The van der Waals surface area contributed by atoms with Crippen LogP contribution in [0.3, 0.4) is 0 Å². The smallest absolute Gasteiger partial charge is 0.394 e. The summed E-state index contributed by atoms with van der Waals surface area (Å²) < 4.78 is 138. The standard InChI is InChI=1S/C64H112N2O57P2/c1-14(74)65-16(3-67)28(77)49(17(76)4-68)117-56-27(66-15(2)75)37(86)50(22(9-73)112-56)118-61-48(97)52(120-63-55(41(90)32(81)21(8-72)111-63)123-64-54(43(92)34(83)26(116-64)13-107-125(101,102)103)122-60-46(95)40(89)31(80)20(7-71)110-60)36(85)24(114-61)10-104-57-47(96)51(119-58-44(93)38(87)29(78)18(5-69)108-58)35(84)23(113-57)11-105-62-53(42(91)33(82)25(115-62)12-106-124(98,99)100)121-59-45(94)39(88)30(79)19(6-70)109-59/h16-64,67-73,76-97H,3-13H2,1-2H3,(H,65,74)(H,66,75)(H2,98,99,100)(H2,101,102,103)/t16-,17+,18+,19+,20+,21+,22+,23+,24+,25+,26+,27+,28+,29+,30+,31+,32+,33+,34+,35+,36+,37+,38-,39-,40-,41-,42-,43-,44-,45-,46-,47-,48-,49+,50+,51-,52-,53-,54-,55-,56-,57-,58+,59+,60+,61-,62-,63+,64+/m0/s1. The molecule has 9 aliphatic rings. The number of aliphatic hydroxyl groups excluding tert-OH is 29. The predicted molar refractivity (Wildman–Crippen MR) is 377 cm³/mol. The summed E-state index contributed by atoms with van der Waals surface area (Å²) in [7, 11) is -11.0. The highest BCUT2D eigenvalue weighted by atomic mass is 31.2. The van der Waals surface area contributed by atoms with Crippen molar-refractivity contribution in [2.75, 3.05) is 72.7 Å². The number of amides is 2. The third kappa shape index (κ3) is 25.3. The first-order valence-electron chi connectivity index (χ1n) is 38.6. The maximum absolute atomic E-state index is 13.0. The fraction of sp³-hybridized carbons (Fsp3) is 0.969. The van der Waals surface area contributed by atoms with Crippen molar-refractivity contribution in [2.45, 2.75) is 314 Å². The van der Waals surface area contributed by atoms with Crippen LogP contribution in [0, 0.1) is 0 Å². The summed E-state index contributed by atoms with van der Waals surface area (Å²) in [5, 5.41) is 328. The maximum Gasteiger partial charge on any atom is 0.469 e. The second kappa shape index (κ2) is 46.0. The lowest BCUT2D eigenvalue weighted by Gasteiger charge is -2.51. The van der Waals surface area contributed by atoms with Gasteiger partial charge in [0.25, 0.3) is 0 Å². The van der Waals surface area contributed by atoms with Crippen molar-refractivity contribution in [3.8, 4) is 0 Å². The molecule has 59 nitrogen and oxygen atoms in total. The molecule has 2 amide bonds. The van der Waals surface area contributed by atoms with Crippen molar-refractivity contribution < 1.29 is 281 Å². The molecule has 61 heteroatoms. The van der Waals surface area contributed by atoms with Gasteiger partial charge in [0.15, 0.2) is 56.6 Å². The average Bonchev–Trinajstić information content (AvgIpc) is 0.764. The number of carbonyl (C=O) groups excluding carboxylic acids is 2. The van der Waals surface area contributed by atoms with Crippen molar-refractivity contribution in [3.05, 3.63) is 0 Å². The zero-order valence-corrected chi connectivity index (χ0v) is 67.3. The molecule has 0 bridgehead atoms. The van der Waals surface area contributed by atoms with Gasteiger partial charge < -0.3 is 264 Å². The largest absolute Gasteiger partial charge is 0.469 e. The molecule has 0 saturated carbocycles. The lowest BCUT2D eigenvalue weighted by molar-refractivity contribution is -0.407. The second-order valence-electron chi connectivity index (χ2n) is 30.5. The molecule has 125 heavy (non-hydrogen) atoms. The zero-order chi connectivity index (χ0) is 92.8. The number of phosphoric acid groups is 2. The van der Waals surface area contributed by atoms with E-state index in [1.165, 1.54) is 0 Å². The molecule has 0 spiro atoms. The van der Waals surface area contributed by atoms with Gasteiger partial charge in [0.05, 0.1) is 78.7 Å². The van der Waals surface area contributed by atoms with Crippen LogP contribution >= 0.6 is 15.6 Å². The second-order valence-corrected chi connectivity index (χ2v) is 33.0. The van der Waals surface area contributed by atoms with Gasteiger partial charge in [-0.05, 0) is 0 Å². The molecule has 35 N–H and O–H groups in total. The number of carbonyl (C=O) groups is 2.